The third kappa shape index (κ3) is 4.80. The second-order valence-corrected chi connectivity index (χ2v) is 4.95. The summed E-state index contributed by atoms with van der Waals surface area (Å²) in [5.41, 5.74) is 3.26. The number of amides is 1. The third-order valence-electron chi connectivity index (χ3n) is 2.59. The number of carbonyl (C=O) groups excluding carboxylic acids is 1. The monoisotopic (exact) mass is 286 g/mol. The van der Waals surface area contributed by atoms with E-state index < -0.39 is 0 Å². The van der Waals surface area contributed by atoms with Crippen molar-refractivity contribution in [2.75, 3.05) is 6.61 Å². The maximum atomic E-state index is 11.6. The maximum absolute atomic E-state index is 11.6. The van der Waals surface area contributed by atoms with E-state index in [-0.39, 0.29) is 11.7 Å². The highest BCUT2D eigenvalue weighted by Gasteiger charge is 2.05. The van der Waals surface area contributed by atoms with Crippen LogP contribution in [0.2, 0.25) is 0 Å². The van der Waals surface area contributed by atoms with Crippen LogP contribution >= 0.6 is 0 Å². The van der Waals surface area contributed by atoms with Crippen LogP contribution in [-0.4, -0.2) is 18.7 Å². The topological polar surface area (TPSA) is 63.8 Å². The first kappa shape index (κ1) is 14.8. The van der Waals surface area contributed by atoms with Gasteiger partial charge in [0.2, 0.25) is 0 Å². The lowest BCUT2D eigenvalue weighted by Crippen LogP contribution is -2.16. The van der Waals surface area contributed by atoms with Gasteiger partial charge in [-0.05, 0) is 47.9 Å². The molecule has 1 aromatic carbocycles. The molecule has 5 nitrogen and oxygen atoms in total. The number of carbonyl (C=O) groups is 1. The zero-order valence-corrected chi connectivity index (χ0v) is 12.1. The molecule has 0 aliphatic rings. The Bertz CT molecular complexity index is 586. The van der Waals surface area contributed by atoms with Crippen LogP contribution in [0.3, 0.4) is 0 Å². The van der Waals surface area contributed by atoms with Gasteiger partial charge in [-0.3, -0.25) is 4.79 Å². The molecule has 5 heteroatoms. The highest BCUT2D eigenvalue weighted by atomic mass is 16.5. The largest absolute Gasteiger partial charge is 0.493 e. The predicted octanol–water partition coefficient (Wildman–Crippen LogP) is 3.08. The minimum Gasteiger partial charge on any atom is -0.493 e. The van der Waals surface area contributed by atoms with Crippen molar-refractivity contribution in [1.29, 1.82) is 0 Å². The van der Waals surface area contributed by atoms with Gasteiger partial charge in [0.15, 0.2) is 5.76 Å². The first-order valence-corrected chi connectivity index (χ1v) is 6.75. The number of benzene rings is 1. The van der Waals surface area contributed by atoms with Gasteiger partial charge in [-0.1, -0.05) is 13.8 Å². The van der Waals surface area contributed by atoms with E-state index in [1.165, 1.54) is 6.26 Å². The van der Waals surface area contributed by atoms with Crippen molar-refractivity contribution in [3.8, 4) is 5.75 Å². The van der Waals surface area contributed by atoms with Crippen molar-refractivity contribution in [2.24, 2.45) is 11.0 Å². The van der Waals surface area contributed by atoms with Crippen molar-refractivity contribution < 1.29 is 13.9 Å². The predicted molar refractivity (Wildman–Crippen MR) is 80.5 cm³/mol. The Balaban J connectivity index is 1.85. The molecule has 0 aliphatic heterocycles. The number of rotatable bonds is 6. The molecule has 0 unspecified atom stereocenters. The van der Waals surface area contributed by atoms with Crippen LogP contribution in [0.1, 0.15) is 30.0 Å². The number of furan rings is 1. The minimum atomic E-state index is -0.381. The molecule has 1 amide bonds. The maximum Gasteiger partial charge on any atom is 0.307 e. The van der Waals surface area contributed by atoms with E-state index in [1.807, 2.05) is 24.3 Å². The lowest BCUT2D eigenvalue weighted by atomic mass is 10.2. The Morgan fingerprint density at radius 1 is 1.33 bits per heavy atom. The lowest BCUT2D eigenvalue weighted by Gasteiger charge is -2.08. The molecule has 0 spiro atoms. The van der Waals surface area contributed by atoms with Gasteiger partial charge in [0.1, 0.15) is 5.75 Å². The van der Waals surface area contributed by atoms with Crippen molar-refractivity contribution in [2.45, 2.75) is 13.8 Å². The molecule has 0 saturated heterocycles. The third-order valence-corrected chi connectivity index (χ3v) is 2.59. The summed E-state index contributed by atoms with van der Waals surface area (Å²) >= 11 is 0. The first-order chi connectivity index (χ1) is 10.1. The molecule has 2 aromatic rings. The van der Waals surface area contributed by atoms with Crippen LogP contribution in [-0.2, 0) is 0 Å². The minimum absolute atomic E-state index is 0.226. The summed E-state index contributed by atoms with van der Waals surface area (Å²) in [6.07, 6.45) is 3.00. The van der Waals surface area contributed by atoms with Crippen LogP contribution in [0, 0.1) is 5.92 Å². The zero-order chi connectivity index (χ0) is 15.1. The summed E-state index contributed by atoms with van der Waals surface area (Å²) in [7, 11) is 0. The van der Waals surface area contributed by atoms with E-state index in [0.29, 0.717) is 12.5 Å². The van der Waals surface area contributed by atoms with Crippen molar-refractivity contribution in [3.05, 3.63) is 54.0 Å². The van der Waals surface area contributed by atoms with Crippen molar-refractivity contribution >= 4 is 12.1 Å². The molecular formula is C16H18N2O3. The van der Waals surface area contributed by atoms with E-state index >= 15 is 0 Å². The normalized spacial score (nSPS) is 11.0. The SMILES string of the molecule is CC(C)COc1ccc(/C=N/NC(=O)c2ccco2)cc1. The summed E-state index contributed by atoms with van der Waals surface area (Å²) < 4.78 is 10.5. The van der Waals surface area contributed by atoms with Gasteiger partial charge in [0.05, 0.1) is 19.1 Å². The molecule has 0 bridgehead atoms. The molecular weight excluding hydrogens is 268 g/mol. The highest BCUT2D eigenvalue weighted by Crippen LogP contribution is 2.12. The fraction of sp³-hybridized carbons (Fsp3) is 0.250. The Kier molecular flexibility index (Phi) is 5.15. The van der Waals surface area contributed by atoms with Gasteiger partial charge in [-0.25, -0.2) is 5.43 Å². The van der Waals surface area contributed by atoms with Gasteiger partial charge in [0, 0.05) is 0 Å². The Hall–Kier alpha value is -2.56. The van der Waals surface area contributed by atoms with Crippen LogP contribution in [0.15, 0.2) is 52.2 Å². The number of hydrazone groups is 1. The van der Waals surface area contributed by atoms with Crippen LogP contribution in [0.25, 0.3) is 0 Å². The molecule has 1 N–H and O–H groups in total. The van der Waals surface area contributed by atoms with E-state index in [2.05, 4.69) is 24.4 Å². The standard InChI is InChI=1S/C16H18N2O3/c1-12(2)11-21-14-7-5-13(6-8-14)10-17-18-16(19)15-4-3-9-20-15/h3-10,12H,11H2,1-2H3,(H,18,19)/b17-10+. The fourth-order valence-electron chi connectivity index (χ4n) is 1.54. The molecule has 0 saturated carbocycles. The van der Waals surface area contributed by atoms with Gasteiger partial charge < -0.3 is 9.15 Å². The summed E-state index contributed by atoms with van der Waals surface area (Å²) in [6, 6.07) is 10.7. The number of nitrogens with zero attached hydrogens (tertiary/aromatic N) is 1. The second-order valence-electron chi connectivity index (χ2n) is 4.95. The molecule has 0 radical (unpaired) electrons. The average molecular weight is 286 g/mol. The Morgan fingerprint density at radius 2 is 2.10 bits per heavy atom. The zero-order valence-electron chi connectivity index (χ0n) is 12.1. The summed E-state index contributed by atoms with van der Waals surface area (Å²) in [4.78, 5) is 11.6. The van der Waals surface area contributed by atoms with Crippen LogP contribution in [0.4, 0.5) is 0 Å². The summed E-state index contributed by atoms with van der Waals surface area (Å²) in [6.45, 7) is 4.89. The Morgan fingerprint density at radius 3 is 2.71 bits per heavy atom. The van der Waals surface area contributed by atoms with Crippen LogP contribution < -0.4 is 10.2 Å². The molecule has 1 aromatic heterocycles. The average Bonchev–Trinajstić information content (AvgIpc) is 3.00. The van der Waals surface area contributed by atoms with Crippen LogP contribution in [0.5, 0.6) is 5.75 Å². The van der Waals surface area contributed by atoms with Crippen molar-refractivity contribution in [3.63, 3.8) is 0 Å². The van der Waals surface area contributed by atoms with E-state index in [4.69, 9.17) is 9.15 Å². The number of hydrogen-bond acceptors (Lipinski definition) is 4. The molecule has 0 fully saturated rings. The van der Waals surface area contributed by atoms with E-state index in [0.717, 1.165) is 11.3 Å². The smallest absolute Gasteiger partial charge is 0.307 e. The molecule has 2 rings (SSSR count). The first-order valence-electron chi connectivity index (χ1n) is 6.75. The van der Waals surface area contributed by atoms with Gasteiger partial charge in [-0.2, -0.15) is 5.10 Å². The molecule has 0 atom stereocenters. The quantitative estimate of drug-likeness (QED) is 0.655. The highest BCUT2D eigenvalue weighted by molar-refractivity contribution is 5.92. The molecule has 21 heavy (non-hydrogen) atoms. The fourth-order valence-corrected chi connectivity index (χ4v) is 1.54. The van der Waals surface area contributed by atoms with Gasteiger partial charge in [-0.15, -0.1) is 0 Å². The van der Waals surface area contributed by atoms with E-state index in [9.17, 15) is 4.79 Å². The number of hydrogen-bond donors (Lipinski definition) is 1. The summed E-state index contributed by atoms with van der Waals surface area (Å²) in [5, 5.41) is 3.88. The van der Waals surface area contributed by atoms with Gasteiger partial charge >= 0.3 is 5.91 Å². The number of ether oxygens (including phenoxy) is 1. The Labute approximate surface area is 123 Å². The summed E-state index contributed by atoms with van der Waals surface area (Å²) in [5.74, 6) is 1.15. The lowest BCUT2D eigenvalue weighted by molar-refractivity contribution is 0.0927. The number of nitrogens with one attached hydrogen (secondary N) is 1. The molecule has 0 aliphatic carbocycles. The molecule has 110 valence electrons. The molecule has 1 heterocycles. The van der Waals surface area contributed by atoms with Crippen molar-refractivity contribution in [1.82, 2.24) is 5.43 Å². The second kappa shape index (κ2) is 7.28. The van der Waals surface area contributed by atoms with Gasteiger partial charge in [0.25, 0.3) is 0 Å². The van der Waals surface area contributed by atoms with E-state index in [1.54, 1.807) is 18.3 Å².